The van der Waals surface area contributed by atoms with Gasteiger partial charge in [0.25, 0.3) is 6.43 Å². The van der Waals surface area contributed by atoms with Gasteiger partial charge in [0.1, 0.15) is 5.78 Å². The average molecular weight is 363 g/mol. The number of halogens is 6. The third kappa shape index (κ3) is 5.10. The molecule has 19 heavy (non-hydrogen) atoms. The third-order valence-electron chi connectivity index (χ3n) is 2.09. The van der Waals surface area contributed by atoms with E-state index in [2.05, 4.69) is 15.9 Å². The predicted octanol–water partition coefficient (Wildman–Crippen LogP) is 5.26. The molecule has 106 valence electrons. The Labute approximate surface area is 118 Å². The first-order valence-corrected chi connectivity index (χ1v) is 6.66. The number of carbonyl (C=O) groups is 1. The molecule has 1 atom stereocenters. The molecule has 0 heterocycles. The predicted molar refractivity (Wildman–Crippen MR) is 65.7 cm³/mol. The second kappa shape index (κ2) is 6.21. The maximum atomic E-state index is 12.6. The molecular formula is C11H8BrF5OS. The molecule has 0 amide bonds. The maximum absolute atomic E-state index is 12.6. The van der Waals surface area contributed by atoms with E-state index < -0.39 is 34.1 Å². The summed E-state index contributed by atoms with van der Waals surface area (Å²) in [5.41, 5.74) is -5.04. The highest BCUT2D eigenvalue weighted by atomic mass is 79.9. The molecule has 1 aromatic carbocycles. The van der Waals surface area contributed by atoms with Crippen LogP contribution < -0.4 is 0 Å². The van der Waals surface area contributed by atoms with E-state index in [1.54, 1.807) is 0 Å². The van der Waals surface area contributed by atoms with Crippen LogP contribution in [0.25, 0.3) is 0 Å². The Balaban J connectivity index is 3.22. The van der Waals surface area contributed by atoms with Gasteiger partial charge in [0.2, 0.25) is 0 Å². The van der Waals surface area contributed by atoms with Crippen molar-refractivity contribution in [2.24, 2.45) is 0 Å². The van der Waals surface area contributed by atoms with Crippen LogP contribution in [0, 0.1) is 0 Å². The Kier molecular flexibility index (Phi) is 5.37. The van der Waals surface area contributed by atoms with Crippen LogP contribution in [-0.4, -0.2) is 11.3 Å². The molecule has 0 bridgehead atoms. The summed E-state index contributed by atoms with van der Waals surface area (Å²) in [6.45, 7) is 1.21. The molecular weight excluding hydrogens is 355 g/mol. The standard InChI is InChI=1S/C11H8BrF5OS/c1-5(18)9(12)6-2-7(10(13)14)4-8(3-6)19-11(15,16)17/h2-4,9-10H,1H3. The molecule has 0 aliphatic carbocycles. The largest absolute Gasteiger partial charge is 0.446 e. The summed E-state index contributed by atoms with van der Waals surface area (Å²) in [6.07, 6.45) is -2.90. The number of hydrogen-bond donors (Lipinski definition) is 0. The minimum atomic E-state index is -4.57. The normalized spacial score (nSPS) is 13.7. The summed E-state index contributed by atoms with van der Waals surface area (Å²) in [4.78, 5) is 9.89. The fraction of sp³-hybridized carbons (Fsp3) is 0.364. The van der Waals surface area contributed by atoms with Gasteiger partial charge in [-0.1, -0.05) is 15.9 Å². The minimum Gasteiger partial charge on any atom is -0.298 e. The summed E-state index contributed by atoms with van der Waals surface area (Å²) in [6, 6.07) is 2.86. The average Bonchev–Trinajstić information content (AvgIpc) is 2.24. The first kappa shape index (κ1) is 16.4. The van der Waals surface area contributed by atoms with E-state index in [-0.39, 0.29) is 16.2 Å². The smallest absolute Gasteiger partial charge is 0.298 e. The van der Waals surface area contributed by atoms with Crippen LogP contribution in [0.15, 0.2) is 23.1 Å². The van der Waals surface area contributed by atoms with Crippen molar-refractivity contribution in [3.63, 3.8) is 0 Å². The number of alkyl halides is 6. The third-order valence-corrected chi connectivity index (χ3v) is 3.96. The number of ketones is 1. The van der Waals surface area contributed by atoms with Crippen LogP contribution in [0.1, 0.15) is 29.3 Å². The van der Waals surface area contributed by atoms with Gasteiger partial charge in [-0.3, -0.25) is 4.79 Å². The number of benzene rings is 1. The number of hydrogen-bond acceptors (Lipinski definition) is 2. The van der Waals surface area contributed by atoms with Gasteiger partial charge in [-0.15, -0.1) is 0 Å². The lowest BCUT2D eigenvalue weighted by Gasteiger charge is -2.13. The summed E-state index contributed by atoms with van der Waals surface area (Å²) in [7, 11) is 0. The molecule has 0 saturated heterocycles. The van der Waals surface area contributed by atoms with Gasteiger partial charge in [-0.25, -0.2) is 8.78 Å². The zero-order valence-corrected chi connectivity index (χ0v) is 11.9. The number of thioether (sulfide) groups is 1. The molecule has 0 aromatic heterocycles. The molecule has 0 aliphatic heterocycles. The van der Waals surface area contributed by atoms with Crippen molar-refractivity contribution >= 4 is 33.5 Å². The highest BCUT2D eigenvalue weighted by Gasteiger charge is 2.30. The minimum absolute atomic E-state index is 0.0806. The van der Waals surface area contributed by atoms with E-state index in [0.29, 0.717) is 0 Å². The quantitative estimate of drug-likeness (QED) is 0.412. The van der Waals surface area contributed by atoms with E-state index in [9.17, 15) is 26.7 Å². The zero-order valence-electron chi connectivity index (χ0n) is 9.47. The van der Waals surface area contributed by atoms with Crippen molar-refractivity contribution in [3.8, 4) is 0 Å². The molecule has 1 rings (SSSR count). The molecule has 0 aliphatic rings. The first-order valence-electron chi connectivity index (χ1n) is 4.93. The van der Waals surface area contributed by atoms with Crippen molar-refractivity contribution < 1.29 is 26.7 Å². The molecule has 0 spiro atoms. The van der Waals surface area contributed by atoms with Gasteiger partial charge in [0.15, 0.2) is 0 Å². The number of rotatable bonds is 4. The number of carbonyl (C=O) groups excluding carboxylic acids is 1. The van der Waals surface area contributed by atoms with Gasteiger partial charge in [-0.05, 0) is 42.4 Å². The summed E-state index contributed by atoms with van der Waals surface area (Å²) in [5, 5.41) is 0. The molecule has 0 radical (unpaired) electrons. The molecule has 1 nitrogen and oxygen atoms in total. The zero-order chi connectivity index (χ0) is 14.8. The lowest BCUT2D eigenvalue weighted by molar-refractivity contribution is -0.116. The Morgan fingerprint density at radius 1 is 1.21 bits per heavy atom. The fourth-order valence-corrected chi connectivity index (χ4v) is 2.27. The van der Waals surface area contributed by atoms with Gasteiger partial charge >= 0.3 is 5.51 Å². The number of Topliss-reactive ketones (excluding diaryl/α,β-unsaturated/α-hetero) is 1. The lowest BCUT2D eigenvalue weighted by atomic mass is 10.1. The Bertz CT molecular complexity index is 475. The van der Waals surface area contributed by atoms with Crippen molar-refractivity contribution in [2.45, 2.75) is 28.6 Å². The topological polar surface area (TPSA) is 17.1 Å². The monoisotopic (exact) mass is 362 g/mol. The van der Waals surface area contributed by atoms with E-state index in [0.717, 1.165) is 18.2 Å². The van der Waals surface area contributed by atoms with Crippen molar-refractivity contribution in [3.05, 3.63) is 29.3 Å². The Hall–Kier alpha value is -0.630. The summed E-state index contributed by atoms with van der Waals surface area (Å²) >= 11 is 2.47. The van der Waals surface area contributed by atoms with E-state index >= 15 is 0 Å². The second-order valence-corrected chi connectivity index (χ2v) is 5.71. The fourth-order valence-electron chi connectivity index (χ4n) is 1.35. The molecule has 0 fully saturated rings. The summed E-state index contributed by atoms with van der Waals surface area (Å²) in [5.74, 6) is -0.380. The van der Waals surface area contributed by atoms with Gasteiger partial charge in [-0.2, -0.15) is 13.2 Å². The van der Waals surface area contributed by atoms with Crippen molar-refractivity contribution in [1.82, 2.24) is 0 Å². The molecule has 1 aromatic rings. The van der Waals surface area contributed by atoms with Crippen LogP contribution >= 0.6 is 27.7 Å². The molecule has 0 saturated carbocycles. The van der Waals surface area contributed by atoms with Crippen LogP contribution in [0.2, 0.25) is 0 Å². The Morgan fingerprint density at radius 2 is 1.74 bits per heavy atom. The van der Waals surface area contributed by atoms with Crippen LogP contribution in [0.3, 0.4) is 0 Å². The van der Waals surface area contributed by atoms with Crippen molar-refractivity contribution in [1.29, 1.82) is 0 Å². The van der Waals surface area contributed by atoms with E-state index in [4.69, 9.17) is 0 Å². The Morgan fingerprint density at radius 3 is 2.16 bits per heavy atom. The SMILES string of the molecule is CC(=O)C(Br)c1cc(SC(F)(F)F)cc(C(F)F)c1. The van der Waals surface area contributed by atoms with Gasteiger partial charge < -0.3 is 0 Å². The molecule has 1 unspecified atom stereocenters. The molecule has 8 heteroatoms. The first-order chi connectivity index (χ1) is 8.60. The molecule has 0 N–H and O–H groups in total. The highest BCUT2D eigenvalue weighted by Crippen LogP contribution is 2.40. The van der Waals surface area contributed by atoms with Crippen LogP contribution in [-0.2, 0) is 4.79 Å². The van der Waals surface area contributed by atoms with Gasteiger partial charge in [0.05, 0.1) is 4.83 Å². The maximum Gasteiger partial charge on any atom is 0.446 e. The van der Waals surface area contributed by atoms with E-state index in [1.165, 1.54) is 6.92 Å². The second-order valence-electron chi connectivity index (χ2n) is 3.66. The van der Waals surface area contributed by atoms with Gasteiger partial charge in [0, 0.05) is 10.5 Å². The van der Waals surface area contributed by atoms with Crippen LogP contribution in [0.5, 0.6) is 0 Å². The van der Waals surface area contributed by atoms with Crippen LogP contribution in [0.4, 0.5) is 22.0 Å². The van der Waals surface area contributed by atoms with Crippen molar-refractivity contribution in [2.75, 3.05) is 0 Å². The summed E-state index contributed by atoms with van der Waals surface area (Å²) < 4.78 is 62.1. The lowest BCUT2D eigenvalue weighted by Crippen LogP contribution is -2.04. The highest BCUT2D eigenvalue weighted by molar-refractivity contribution is 9.09. The van der Waals surface area contributed by atoms with E-state index in [1.807, 2.05) is 0 Å².